The van der Waals surface area contributed by atoms with Crippen molar-refractivity contribution in [2.45, 2.75) is 30.1 Å². The zero-order chi connectivity index (χ0) is 26.3. The van der Waals surface area contributed by atoms with Gasteiger partial charge in [-0.2, -0.15) is 0 Å². The highest BCUT2D eigenvalue weighted by molar-refractivity contribution is 7.99. The smallest absolute Gasteiger partial charge is 0.263 e. The third-order valence-corrected chi connectivity index (χ3v) is 8.07. The first-order valence-electron chi connectivity index (χ1n) is 11.0. The first-order valence-corrected chi connectivity index (χ1v) is 14.4. The lowest BCUT2D eigenvalue weighted by molar-refractivity contribution is -0.113. The molecule has 0 saturated carbocycles. The van der Waals surface area contributed by atoms with Crippen molar-refractivity contribution in [2.75, 3.05) is 15.8 Å². The van der Waals surface area contributed by atoms with Gasteiger partial charge in [0.25, 0.3) is 10.0 Å². The molecule has 2 aromatic heterocycles. The summed E-state index contributed by atoms with van der Waals surface area (Å²) in [6, 6.07) is 13.6. The number of nitrogens with zero attached hydrogens (tertiary/aromatic N) is 4. The van der Waals surface area contributed by atoms with Crippen LogP contribution in [0.4, 0.5) is 10.8 Å². The number of carbonyl (C=O) groups excluding carboxylic acids is 1. The maximum Gasteiger partial charge on any atom is 0.263 e. The Morgan fingerprint density at radius 1 is 1.16 bits per heavy atom. The Labute approximate surface area is 222 Å². The number of hydrogen-bond acceptors (Lipinski definition) is 9. The van der Waals surface area contributed by atoms with Gasteiger partial charge in [-0.1, -0.05) is 35.5 Å². The lowest BCUT2D eigenvalue weighted by Crippen LogP contribution is -2.16. The van der Waals surface area contributed by atoms with Crippen molar-refractivity contribution in [1.82, 2.24) is 19.7 Å². The second kappa shape index (κ2) is 12.0. The molecule has 0 unspecified atom stereocenters. The van der Waals surface area contributed by atoms with Gasteiger partial charge in [0.1, 0.15) is 12.4 Å². The van der Waals surface area contributed by atoms with Gasteiger partial charge >= 0.3 is 0 Å². The van der Waals surface area contributed by atoms with Crippen LogP contribution < -0.4 is 14.8 Å². The van der Waals surface area contributed by atoms with Crippen molar-refractivity contribution in [1.29, 1.82) is 0 Å². The normalized spacial score (nSPS) is 11.2. The Balaban J connectivity index is 1.33. The van der Waals surface area contributed by atoms with Gasteiger partial charge < -0.3 is 10.1 Å². The summed E-state index contributed by atoms with van der Waals surface area (Å²) < 4.78 is 35.0. The number of rotatable bonds is 12. The molecule has 2 aromatic carbocycles. The van der Waals surface area contributed by atoms with Crippen molar-refractivity contribution >= 4 is 49.8 Å². The molecule has 0 spiro atoms. The number of allylic oxidation sites excluding steroid dienone is 1. The molecule has 13 heteroatoms. The minimum Gasteiger partial charge on any atom is -0.486 e. The molecule has 0 radical (unpaired) electrons. The summed E-state index contributed by atoms with van der Waals surface area (Å²) in [5.74, 6) is 1.16. The molecule has 10 nitrogen and oxygen atoms in total. The number of aryl methyl sites for hydroxylation is 1. The number of benzene rings is 2. The number of anilines is 2. The number of amides is 1. The molecule has 0 fully saturated rings. The van der Waals surface area contributed by atoms with Crippen molar-refractivity contribution in [3.05, 3.63) is 84.2 Å². The number of carbonyl (C=O) groups is 1. The van der Waals surface area contributed by atoms with Crippen molar-refractivity contribution in [2.24, 2.45) is 0 Å². The fourth-order valence-electron chi connectivity index (χ4n) is 3.12. The van der Waals surface area contributed by atoms with E-state index in [9.17, 15) is 13.2 Å². The summed E-state index contributed by atoms with van der Waals surface area (Å²) in [6.45, 7) is 6.48. The van der Waals surface area contributed by atoms with Gasteiger partial charge in [0.05, 0.1) is 10.6 Å². The SMILES string of the molecule is C=CCn1c(COc2ccc(C)cc2)nnc1SCC(=O)Nc1ccc(S(=O)(=O)Nc2nccs2)cc1. The summed E-state index contributed by atoms with van der Waals surface area (Å²) in [5.41, 5.74) is 1.61. The zero-order valence-electron chi connectivity index (χ0n) is 19.8. The van der Waals surface area contributed by atoms with E-state index in [0.29, 0.717) is 23.2 Å². The molecule has 0 atom stereocenters. The fourth-order valence-corrected chi connectivity index (χ4v) is 5.68. The van der Waals surface area contributed by atoms with E-state index in [1.165, 1.54) is 53.6 Å². The molecule has 0 aliphatic heterocycles. The van der Waals surface area contributed by atoms with Gasteiger partial charge in [-0.05, 0) is 43.3 Å². The van der Waals surface area contributed by atoms with Crippen LogP contribution in [0.25, 0.3) is 0 Å². The summed E-state index contributed by atoms with van der Waals surface area (Å²) in [4.78, 5) is 16.5. The molecule has 4 aromatic rings. The molecule has 0 saturated heterocycles. The summed E-state index contributed by atoms with van der Waals surface area (Å²) >= 11 is 2.41. The van der Waals surface area contributed by atoms with Gasteiger partial charge in [0.15, 0.2) is 16.1 Å². The van der Waals surface area contributed by atoms with E-state index in [-0.39, 0.29) is 28.3 Å². The number of thiazole rings is 1. The van der Waals surface area contributed by atoms with Crippen LogP contribution in [0.5, 0.6) is 5.75 Å². The van der Waals surface area contributed by atoms with Gasteiger partial charge in [-0.25, -0.2) is 13.4 Å². The molecule has 0 aliphatic rings. The molecule has 37 heavy (non-hydrogen) atoms. The Hall–Kier alpha value is -3.68. The topological polar surface area (TPSA) is 128 Å². The molecular formula is C24H24N6O4S3. The third-order valence-electron chi connectivity index (χ3n) is 4.93. The Bertz CT molecular complexity index is 1450. The van der Waals surface area contributed by atoms with E-state index in [0.717, 1.165) is 11.3 Å². The number of hydrogen-bond donors (Lipinski definition) is 2. The summed E-state index contributed by atoms with van der Waals surface area (Å²) in [6.07, 6.45) is 3.24. The largest absolute Gasteiger partial charge is 0.486 e. The van der Waals surface area contributed by atoms with E-state index in [4.69, 9.17) is 4.74 Å². The number of aromatic nitrogens is 4. The van der Waals surface area contributed by atoms with Gasteiger partial charge in [0.2, 0.25) is 5.91 Å². The maximum absolute atomic E-state index is 12.5. The lowest BCUT2D eigenvalue weighted by atomic mass is 10.2. The van der Waals surface area contributed by atoms with Crippen LogP contribution in [0.2, 0.25) is 0 Å². The average molecular weight is 557 g/mol. The standard InChI is InChI=1S/C24H24N6O4S3/c1-3-13-30-21(15-34-19-8-4-17(2)5-9-19)27-28-24(30)36-16-22(31)26-18-6-10-20(11-7-18)37(32,33)29-23-25-12-14-35-23/h3-12,14H,1,13,15-16H2,2H3,(H,25,29)(H,26,31). The van der Waals surface area contributed by atoms with E-state index in [1.807, 2.05) is 35.8 Å². The van der Waals surface area contributed by atoms with Crippen LogP contribution in [0.3, 0.4) is 0 Å². The van der Waals surface area contributed by atoms with Crippen LogP contribution in [-0.4, -0.2) is 39.8 Å². The van der Waals surface area contributed by atoms with Crippen molar-refractivity contribution < 1.29 is 17.9 Å². The number of nitrogens with one attached hydrogen (secondary N) is 2. The van der Waals surface area contributed by atoms with Crippen LogP contribution in [0, 0.1) is 6.92 Å². The van der Waals surface area contributed by atoms with Gasteiger partial charge in [-0.15, -0.1) is 28.1 Å². The highest BCUT2D eigenvalue weighted by Crippen LogP contribution is 2.22. The van der Waals surface area contributed by atoms with Crippen LogP contribution in [0.1, 0.15) is 11.4 Å². The highest BCUT2D eigenvalue weighted by Gasteiger charge is 2.17. The predicted molar refractivity (Wildman–Crippen MR) is 144 cm³/mol. The number of ether oxygens (including phenoxy) is 1. The lowest BCUT2D eigenvalue weighted by Gasteiger charge is -2.10. The van der Waals surface area contributed by atoms with E-state index < -0.39 is 10.0 Å². The van der Waals surface area contributed by atoms with Crippen LogP contribution in [-0.2, 0) is 28.0 Å². The summed E-state index contributed by atoms with van der Waals surface area (Å²) in [7, 11) is -3.76. The van der Waals surface area contributed by atoms with Crippen molar-refractivity contribution in [3.8, 4) is 5.75 Å². The second-order valence-electron chi connectivity index (χ2n) is 7.70. The predicted octanol–water partition coefficient (Wildman–Crippen LogP) is 4.34. The monoisotopic (exact) mass is 556 g/mol. The quantitative estimate of drug-likeness (QED) is 0.195. The molecule has 1 amide bonds. The minimum absolute atomic E-state index is 0.0630. The molecule has 2 N–H and O–H groups in total. The first kappa shape index (κ1) is 26.4. The van der Waals surface area contributed by atoms with E-state index in [1.54, 1.807) is 11.5 Å². The fraction of sp³-hybridized carbons (Fsp3) is 0.167. The molecule has 0 bridgehead atoms. The number of thioether (sulfide) groups is 1. The summed E-state index contributed by atoms with van der Waals surface area (Å²) in [5, 5.41) is 13.7. The van der Waals surface area contributed by atoms with Crippen molar-refractivity contribution in [3.63, 3.8) is 0 Å². The first-order chi connectivity index (χ1) is 17.8. The van der Waals surface area contributed by atoms with Crippen LogP contribution >= 0.6 is 23.1 Å². The van der Waals surface area contributed by atoms with E-state index in [2.05, 4.69) is 31.8 Å². The second-order valence-corrected chi connectivity index (χ2v) is 11.2. The Kier molecular flexibility index (Phi) is 8.58. The third kappa shape index (κ3) is 7.18. The molecule has 4 rings (SSSR count). The molecule has 0 aliphatic carbocycles. The molecule has 192 valence electrons. The van der Waals surface area contributed by atoms with Crippen LogP contribution in [0.15, 0.2) is 82.8 Å². The Morgan fingerprint density at radius 3 is 2.59 bits per heavy atom. The number of sulfonamides is 1. The van der Waals surface area contributed by atoms with E-state index >= 15 is 0 Å². The highest BCUT2D eigenvalue weighted by atomic mass is 32.2. The molecular weight excluding hydrogens is 533 g/mol. The van der Waals surface area contributed by atoms with Gasteiger partial charge in [0, 0.05) is 23.8 Å². The Morgan fingerprint density at radius 2 is 1.92 bits per heavy atom. The minimum atomic E-state index is -3.76. The maximum atomic E-state index is 12.5. The molecule has 2 heterocycles. The van der Waals surface area contributed by atoms with Gasteiger partial charge in [-0.3, -0.25) is 14.1 Å². The zero-order valence-corrected chi connectivity index (χ0v) is 22.3. The average Bonchev–Trinajstić information content (AvgIpc) is 3.52.